The van der Waals surface area contributed by atoms with Crippen LogP contribution in [0.1, 0.15) is 39.5 Å². The van der Waals surface area contributed by atoms with Crippen LogP contribution in [0.4, 0.5) is 0 Å². The maximum atomic E-state index is 10.1. The summed E-state index contributed by atoms with van der Waals surface area (Å²) >= 11 is 0. The summed E-state index contributed by atoms with van der Waals surface area (Å²) in [6, 6.07) is 0. The molecule has 0 aliphatic heterocycles. The van der Waals surface area contributed by atoms with Crippen molar-refractivity contribution in [3.8, 4) is 0 Å². The van der Waals surface area contributed by atoms with Crippen LogP contribution in [0.15, 0.2) is 0 Å². The smallest absolute Gasteiger partial charge is 0.207 e. The van der Waals surface area contributed by atoms with E-state index in [1.807, 2.05) is 0 Å². The minimum atomic E-state index is 0.425. The van der Waals surface area contributed by atoms with Crippen LogP contribution in [-0.2, 0) is 4.79 Å². The standard InChI is InChI=1S/C10H19NO/c1-10(2)6-4-3-5-9(10)7-11-8-12/h8-9H,3-7H2,1-2H3,(H,11,12). The maximum Gasteiger partial charge on any atom is 0.207 e. The first-order valence-corrected chi connectivity index (χ1v) is 4.84. The minimum absolute atomic E-state index is 0.425. The molecule has 0 aromatic rings. The maximum absolute atomic E-state index is 10.1. The monoisotopic (exact) mass is 169 g/mol. The van der Waals surface area contributed by atoms with Gasteiger partial charge in [0.1, 0.15) is 0 Å². The molecule has 2 heteroatoms. The van der Waals surface area contributed by atoms with Gasteiger partial charge in [-0.2, -0.15) is 0 Å². The fraction of sp³-hybridized carbons (Fsp3) is 0.900. The lowest BCUT2D eigenvalue weighted by atomic mass is 9.69. The zero-order chi connectivity index (χ0) is 9.03. The van der Waals surface area contributed by atoms with Crippen LogP contribution in [0, 0.1) is 11.3 Å². The topological polar surface area (TPSA) is 29.1 Å². The van der Waals surface area contributed by atoms with E-state index in [2.05, 4.69) is 19.2 Å². The van der Waals surface area contributed by atoms with Crippen molar-refractivity contribution >= 4 is 6.41 Å². The predicted octanol–water partition coefficient (Wildman–Crippen LogP) is 1.95. The lowest BCUT2D eigenvalue weighted by Crippen LogP contribution is -2.35. The molecule has 0 spiro atoms. The second kappa shape index (κ2) is 3.92. The van der Waals surface area contributed by atoms with Crippen LogP contribution < -0.4 is 5.32 Å². The number of hydrogen-bond donors (Lipinski definition) is 1. The van der Waals surface area contributed by atoms with Gasteiger partial charge in [-0.25, -0.2) is 0 Å². The Morgan fingerprint density at radius 3 is 2.83 bits per heavy atom. The van der Waals surface area contributed by atoms with Crippen LogP contribution >= 0.6 is 0 Å². The Balaban J connectivity index is 2.42. The molecule has 1 atom stereocenters. The highest BCUT2D eigenvalue weighted by Crippen LogP contribution is 2.39. The molecule has 0 aromatic heterocycles. The summed E-state index contributed by atoms with van der Waals surface area (Å²) in [5, 5.41) is 2.79. The second-order valence-corrected chi connectivity index (χ2v) is 4.46. The molecule has 0 radical (unpaired) electrons. The Bertz CT molecular complexity index is 154. The van der Waals surface area contributed by atoms with Crippen molar-refractivity contribution in [2.75, 3.05) is 6.54 Å². The van der Waals surface area contributed by atoms with Crippen LogP contribution in [0.5, 0.6) is 0 Å². The molecule has 0 heterocycles. The van der Waals surface area contributed by atoms with E-state index in [0.29, 0.717) is 11.3 Å². The molecular weight excluding hydrogens is 150 g/mol. The molecule has 1 unspecified atom stereocenters. The van der Waals surface area contributed by atoms with Crippen molar-refractivity contribution in [2.24, 2.45) is 11.3 Å². The molecule has 0 aromatic carbocycles. The lowest BCUT2D eigenvalue weighted by molar-refractivity contribution is -0.109. The van der Waals surface area contributed by atoms with Gasteiger partial charge in [0.25, 0.3) is 0 Å². The van der Waals surface area contributed by atoms with E-state index in [0.717, 1.165) is 13.0 Å². The molecule has 1 N–H and O–H groups in total. The molecule has 12 heavy (non-hydrogen) atoms. The average Bonchev–Trinajstić information content (AvgIpc) is 2.02. The molecule has 1 aliphatic carbocycles. The number of rotatable bonds is 3. The van der Waals surface area contributed by atoms with Gasteiger partial charge in [0, 0.05) is 6.54 Å². The van der Waals surface area contributed by atoms with E-state index in [9.17, 15) is 4.79 Å². The largest absolute Gasteiger partial charge is 0.358 e. The fourth-order valence-electron chi connectivity index (χ4n) is 2.13. The summed E-state index contributed by atoms with van der Waals surface area (Å²) in [5.74, 6) is 0.677. The summed E-state index contributed by atoms with van der Waals surface area (Å²) in [6.45, 7) is 5.48. The third-order valence-corrected chi connectivity index (χ3v) is 3.18. The summed E-state index contributed by atoms with van der Waals surface area (Å²) in [6.07, 6.45) is 6.07. The van der Waals surface area contributed by atoms with E-state index < -0.39 is 0 Å². The van der Waals surface area contributed by atoms with Gasteiger partial charge >= 0.3 is 0 Å². The zero-order valence-electron chi connectivity index (χ0n) is 8.10. The van der Waals surface area contributed by atoms with E-state index in [1.165, 1.54) is 25.7 Å². The fourth-order valence-corrected chi connectivity index (χ4v) is 2.13. The van der Waals surface area contributed by atoms with E-state index in [4.69, 9.17) is 0 Å². The zero-order valence-corrected chi connectivity index (χ0v) is 8.10. The first-order chi connectivity index (χ1) is 5.67. The first-order valence-electron chi connectivity index (χ1n) is 4.84. The third kappa shape index (κ3) is 2.23. The Labute approximate surface area is 74.7 Å². The molecule has 1 amide bonds. The van der Waals surface area contributed by atoms with Gasteiger partial charge in [0.2, 0.25) is 6.41 Å². The van der Waals surface area contributed by atoms with E-state index in [-0.39, 0.29) is 0 Å². The second-order valence-electron chi connectivity index (χ2n) is 4.46. The molecule has 0 saturated heterocycles. The first kappa shape index (κ1) is 9.56. The SMILES string of the molecule is CC1(C)CCCCC1CNC=O. The molecule has 1 aliphatic rings. The van der Waals surface area contributed by atoms with E-state index in [1.54, 1.807) is 0 Å². The van der Waals surface area contributed by atoms with Crippen molar-refractivity contribution in [1.29, 1.82) is 0 Å². The minimum Gasteiger partial charge on any atom is -0.358 e. The summed E-state index contributed by atoms with van der Waals surface area (Å²) < 4.78 is 0. The van der Waals surface area contributed by atoms with Gasteiger partial charge in [0.05, 0.1) is 0 Å². The van der Waals surface area contributed by atoms with Gasteiger partial charge in [0.15, 0.2) is 0 Å². The van der Waals surface area contributed by atoms with Gasteiger partial charge < -0.3 is 5.32 Å². The Morgan fingerprint density at radius 1 is 1.50 bits per heavy atom. The Kier molecular flexibility index (Phi) is 3.12. The Hall–Kier alpha value is -0.530. The number of carbonyl (C=O) groups excluding carboxylic acids is 1. The van der Waals surface area contributed by atoms with Gasteiger partial charge in [-0.15, -0.1) is 0 Å². The summed E-state index contributed by atoms with van der Waals surface area (Å²) in [7, 11) is 0. The highest BCUT2D eigenvalue weighted by Gasteiger charge is 2.31. The number of hydrogen-bond acceptors (Lipinski definition) is 1. The van der Waals surface area contributed by atoms with Crippen LogP contribution in [-0.4, -0.2) is 13.0 Å². The van der Waals surface area contributed by atoms with Crippen molar-refractivity contribution < 1.29 is 4.79 Å². The molecule has 0 bridgehead atoms. The predicted molar refractivity (Wildman–Crippen MR) is 49.8 cm³/mol. The van der Waals surface area contributed by atoms with Gasteiger partial charge in [-0.1, -0.05) is 26.7 Å². The molecular formula is C10H19NO. The molecule has 2 nitrogen and oxygen atoms in total. The van der Waals surface area contributed by atoms with Gasteiger partial charge in [-0.05, 0) is 24.2 Å². The number of carbonyl (C=O) groups is 1. The van der Waals surface area contributed by atoms with Crippen molar-refractivity contribution in [1.82, 2.24) is 5.32 Å². The normalized spacial score (nSPS) is 28.0. The average molecular weight is 169 g/mol. The molecule has 1 fully saturated rings. The Morgan fingerprint density at radius 2 is 2.25 bits per heavy atom. The highest BCUT2D eigenvalue weighted by molar-refractivity contribution is 5.45. The van der Waals surface area contributed by atoms with Crippen molar-refractivity contribution in [3.05, 3.63) is 0 Å². The van der Waals surface area contributed by atoms with Crippen LogP contribution in [0.25, 0.3) is 0 Å². The van der Waals surface area contributed by atoms with Crippen LogP contribution in [0.2, 0.25) is 0 Å². The third-order valence-electron chi connectivity index (χ3n) is 3.18. The molecule has 1 rings (SSSR count). The van der Waals surface area contributed by atoms with Crippen LogP contribution in [0.3, 0.4) is 0 Å². The molecule has 70 valence electrons. The lowest BCUT2D eigenvalue weighted by Gasteiger charge is -2.38. The van der Waals surface area contributed by atoms with Crippen molar-refractivity contribution in [2.45, 2.75) is 39.5 Å². The summed E-state index contributed by atoms with van der Waals surface area (Å²) in [5.41, 5.74) is 0.425. The quantitative estimate of drug-likeness (QED) is 0.643. The number of nitrogens with one attached hydrogen (secondary N) is 1. The summed E-state index contributed by atoms with van der Waals surface area (Å²) in [4.78, 5) is 10.1. The van der Waals surface area contributed by atoms with E-state index >= 15 is 0 Å². The highest BCUT2D eigenvalue weighted by atomic mass is 16.1. The van der Waals surface area contributed by atoms with Crippen molar-refractivity contribution in [3.63, 3.8) is 0 Å². The van der Waals surface area contributed by atoms with Gasteiger partial charge in [-0.3, -0.25) is 4.79 Å². The number of amides is 1. The molecule has 1 saturated carbocycles.